The van der Waals surface area contributed by atoms with Crippen molar-refractivity contribution in [1.29, 1.82) is 0 Å². The summed E-state index contributed by atoms with van der Waals surface area (Å²) in [6.07, 6.45) is 0. The molecule has 0 aliphatic carbocycles. The standard InChI is InChI=1S/3Ba.2Sb.6H/q3*+2;;;6*-1. The fraction of sp³-hybridized carbons (Fsp3) is 0. The molecule has 0 aromatic rings. The van der Waals surface area contributed by atoms with Gasteiger partial charge < -0.3 is 8.56 Å². The van der Waals surface area contributed by atoms with Crippen molar-refractivity contribution in [2.45, 2.75) is 0 Å². The van der Waals surface area contributed by atoms with Crippen molar-refractivity contribution >= 4 is 195 Å². The van der Waals surface area contributed by atoms with E-state index in [0.29, 0.717) is 0 Å². The smallest absolute Gasteiger partial charge is 1.00 e. The van der Waals surface area contributed by atoms with Crippen LogP contribution in [0.5, 0.6) is 0 Å². The molecule has 0 heterocycles. The number of hydrogen-bond donors (Lipinski definition) is 0. The first-order chi connectivity index (χ1) is 0. The minimum Gasteiger partial charge on any atom is -1.00 e. The molecule has 0 atom stereocenters. The van der Waals surface area contributed by atoms with Gasteiger partial charge in [0.2, 0.25) is 0 Å². The van der Waals surface area contributed by atoms with Crippen molar-refractivity contribution in [3.05, 3.63) is 0 Å². The van der Waals surface area contributed by atoms with Crippen LogP contribution in [0.2, 0.25) is 0 Å². The van der Waals surface area contributed by atoms with Gasteiger partial charge in [0.05, 0.1) is 0 Å². The van der Waals surface area contributed by atoms with Gasteiger partial charge in [-0.05, 0) is 0 Å². The van der Waals surface area contributed by atoms with Crippen LogP contribution in [0.1, 0.15) is 8.56 Å². The third kappa shape index (κ3) is 17.9. The molecule has 0 aliphatic heterocycles. The summed E-state index contributed by atoms with van der Waals surface area (Å²) in [5.74, 6) is 0. The third-order valence-corrected chi connectivity index (χ3v) is 0. The fourth-order valence-corrected chi connectivity index (χ4v) is 0. The van der Waals surface area contributed by atoms with E-state index in [0.717, 1.165) is 0 Å². The van der Waals surface area contributed by atoms with Gasteiger partial charge in [0.1, 0.15) is 0 Å². The maximum absolute atomic E-state index is 0. The van der Waals surface area contributed by atoms with E-state index in [1.54, 1.807) is 0 Å². The molecule has 0 saturated carbocycles. The van der Waals surface area contributed by atoms with Crippen LogP contribution in [0, 0.1) is 0 Å². The van der Waals surface area contributed by atoms with Gasteiger partial charge in [-0.1, -0.05) is 0 Å². The zero-order valence-electron chi connectivity index (χ0n) is 9.02. The molecule has 0 rings (SSSR count). The number of rotatable bonds is 0. The molecule has 0 aromatic heterocycles. The molecule has 0 N–H and O–H groups in total. The van der Waals surface area contributed by atoms with E-state index in [4.69, 9.17) is 0 Å². The quantitative estimate of drug-likeness (QED) is 0.286. The molecule has 0 amide bonds. The van der Waals surface area contributed by atoms with Gasteiger partial charge >= 0.3 is 147 Å². The third-order valence-electron chi connectivity index (χ3n) is 0. The molecule has 0 aliphatic rings. The van der Waals surface area contributed by atoms with Gasteiger partial charge in [-0.3, -0.25) is 0 Å². The van der Waals surface area contributed by atoms with Crippen LogP contribution in [0.15, 0.2) is 0 Å². The van der Waals surface area contributed by atoms with E-state index in [2.05, 4.69) is 0 Å². The van der Waals surface area contributed by atoms with Gasteiger partial charge in [-0.2, -0.15) is 0 Å². The van der Waals surface area contributed by atoms with Crippen LogP contribution in [-0.4, -0.2) is 195 Å². The molecule has 0 bridgehead atoms. The van der Waals surface area contributed by atoms with E-state index in [1.807, 2.05) is 0 Å². The van der Waals surface area contributed by atoms with Crippen molar-refractivity contribution < 1.29 is 8.56 Å². The van der Waals surface area contributed by atoms with Crippen molar-refractivity contribution in [2.75, 3.05) is 0 Å². The monoisotopic (exact) mass is 662 g/mol. The topological polar surface area (TPSA) is 0 Å². The first-order valence-electron chi connectivity index (χ1n) is 0. The summed E-state index contributed by atoms with van der Waals surface area (Å²) in [6.45, 7) is 0. The Bertz CT molecular complexity index is 15.8. The van der Waals surface area contributed by atoms with Gasteiger partial charge in [-0.15, -0.1) is 0 Å². The average molecular weight is 662 g/mol. The zero-order chi connectivity index (χ0) is 0. The summed E-state index contributed by atoms with van der Waals surface area (Å²) >= 11 is 0. The van der Waals surface area contributed by atoms with Crippen LogP contribution in [0.4, 0.5) is 0 Å². The van der Waals surface area contributed by atoms with E-state index in [-0.39, 0.29) is 204 Å². The Hall–Kier alpha value is 6.35. The molecule has 22 valence electrons. The van der Waals surface area contributed by atoms with Crippen LogP contribution < -0.4 is 0 Å². The van der Waals surface area contributed by atoms with Gasteiger partial charge in [-0.25, -0.2) is 0 Å². The first-order valence-corrected chi connectivity index (χ1v) is 0. The molecular formula is H6Ba3Sb2. The second-order valence-corrected chi connectivity index (χ2v) is 0. The molecule has 6 radical (unpaired) electrons. The predicted octanol–water partition coefficient (Wildman–Crippen LogP) is -1.23. The molecule has 0 saturated heterocycles. The van der Waals surface area contributed by atoms with E-state index >= 15 is 0 Å². The molecule has 0 unspecified atom stereocenters. The molecule has 0 fully saturated rings. The summed E-state index contributed by atoms with van der Waals surface area (Å²) in [4.78, 5) is 0. The van der Waals surface area contributed by atoms with Crippen LogP contribution >= 0.6 is 0 Å². The number of hydrogen-bond acceptors (Lipinski definition) is 0. The van der Waals surface area contributed by atoms with Gasteiger partial charge in [0, 0.05) is 48.9 Å². The van der Waals surface area contributed by atoms with E-state index in [1.165, 1.54) is 0 Å². The van der Waals surface area contributed by atoms with Crippen LogP contribution in [-0.2, 0) is 0 Å². The summed E-state index contributed by atoms with van der Waals surface area (Å²) < 4.78 is 0. The average Bonchev–Trinajstić information content (AvgIpc) is 0. The van der Waals surface area contributed by atoms with Crippen molar-refractivity contribution in [3.8, 4) is 0 Å². The van der Waals surface area contributed by atoms with Crippen LogP contribution in [0.3, 0.4) is 0 Å². The fourth-order valence-electron chi connectivity index (χ4n) is 0. The minimum atomic E-state index is 0. The van der Waals surface area contributed by atoms with Crippen molar-refractivity contribution in [2.24, 2.45) is 0 Å². The molecule has 5 heteroatoms. The van der Waals surface area contributed by atoms with Gasteiger partial charge in [0.25, 0.3) is 0 Å². The molecular weight excluding hydrogens is 656 g/mol. The Morgan fingerprint density at radius 2 is 0.600 bits per heavy atom. The Labute approximate surface area is 197 Å². The molecule has 0 aromatic carbocycles. The van der Waals surface area contributed by atoms with Crippen molar-refractivity contribution in [1.82, 2.24) is 0 Å². The zero-order valence-corrected chi connectivity index (χ0v) is 21.4. The second kappa shape index (κ2) is 22.4. The summed E-state index contributed by atoms with van der Waals surface area (Å²) in [5.41, 5.74) is 0. The summed E-state index contributed by atoms with van der Waals surface area (Å²) in [5, 5.41) is 0. The normalized spacial score (nSPS) is 0. The first kappa shape index (κ1) is 30.2. The Morgan fingerprint density at radius 1 is 0.600 bits per heavy atom. The molecule has 0 spiro atoms. The SMILES string of the molecule is [Ba+2].[Ba+2].[Ba+2].[H-].[H-].[H-].[H-].[H-].[H-].[Sb].[Sb]. The Morgan fingerprint density at radius 3 is 0.600 bits per heavy atom. The Balaban J connectivity index is 0. The van der Waals surface area contributed by atoms with E-state index in [9.17, 15) is 0 Å². The largest absolute Gasteiger partial charge is 2.00 e. The van der Waals surface area contributed by atoms with Crippen LogP contribution in [0.25, 0.3) is 0 Å². The Kier molecular flexibility index (Phi) is 135. The molecule has 5 heavy (non-hydrogen) atoms. The van der Waals surface area contributed by atoms with Crippen molar-refractivity contribution in [3.63, 3.8) is 0 Å². The van der Waals surface area contributed by atoms with Gasteiger partial charge in [0.15, 0.2) is 0 Å². The molecule has 0 nitrogen and oxygen atoms in total. The summed E-state index contributed by atoms with van der Waals surface area (Å²) in [7, 11) is 0. The maximum atomic E-state index is 0. The minimum absolute atomic E-state index is 0. The maximum Gasteiger partial charge on any atom is 2.00 e. The summed E-state index contributed by atoms with van der Waals surface area (Å²) in [6, 6.07) is 0. The van der Waals surface area contributed by atoms with E-state index < -0.39 is 0 Å². The second-order valence-electron chi connectivity index (χ2n) is 0. The predicted molar refractivity (Wildman–Crippen MR) is 35.4 cm³/mol.